The molecule has 0 saturated carbocycles. The first-order chi connectivity index (χ1) is 19.3. The summed E-state index contributed by atoms with van der Waals surface area (Å²) < 4.78 is 34.3. The largest absolute Gasteiger partial charge is 0.496 e. The predicted octanol–water partition coefficient (Wildman–Crippen LogP) is 4.33. The van der Waals surface area contributed by atoms with Crippen LogP contribution < -0.4 is 20.5 Å². The fourth-order valence-electron chi connectivity index (χ4n) is 4.31. The number of carbonyl (C=O) groups is 1. The van der Waals surface area contributed by atoms with Crippen molar-refractivity contribution in [1.82, 2.24) is 19.9 Å². The zero-order valence-corrected chi connectivity index (χ0v) is 22.6. The minimum Gasteiger partial charge on any atom is -0.496 e. The molecule has 2 heterocycles. The standard InChI is InChI=1S/C29H26N6O4S/c1-18-10-11-19(15-26(18)40(37,38)32-17-21-7-5-6-14-31-21)27-22-8-3-4-9-23(22)29(35-34-27)33-20-12-13-25(39-2)24(16-20)28(30)36/h3-16,32H,17H2,1-2H3,(H2,30,36)(H,33,35). The van der Waals surface area contributed by atoms with Crippen LogP contribution in [0.3, 0.4) is 0 Å². The molecule has 4 N–H and O–H groups in total. The van der Waals surface area contributed by atoms with E-state index in [1.807, 2.05) is 30.3 Å². The van der Waals surface area contributed by atoms with Gasteiger partial charge in [-0.25, -0.2) is 13.1 Å². The third kappa shape index (κ3) is 5.46. The number of rotatable bonds is 9. The number of primary amides is 1. The molecule has 0 atom stereocenters. The number of hydrogen-bond donors (Lipinski definition) is 3. The molecule has 0 spiro atoms. The lowest BCUT2D eigenvalue weighted by Crippen LogP contribution is -2.24. The maximum atomic E-state index is 13.2. The van der Waals surface area contributed by atoms with Crippen molar-refractivity contribution in [2.45, 2.75) is 18.4 Å². The summed E-state index contributed by atoms with van der Waals surface area (Å²) in [6.07, 6.45) is 1.61. The van der Waals surface area contributed by atoms with Crippen LogP contribution in [0.1, 0.15) is 21.6 Å². The number of aromatic nitrogens is 3. The van der Waals surface area contributed by atoms with Crippen molar-refractivity contribution < 1.29 is 17.9 Å². The Morgan fingerprint density at radius 1 is 0.950 bits per heavy atom. The average Bonchev–Trinajstić information content (AvgIpc) is 2.97. The monoisotopic (exact) mass is 554 g/mol. The van der Waals surface area contributed by atoms with E-state index < -0.39 is 15.9 Å². The lowest BCUT2D eigenvalue weighted by molar-refractivity contribution is 0.0997. The number of anilines is 2. The van der Waals surface area contributed by atoms with Crippen LogP contribution in [0, 0.1) is 6.92 Å². The van der Waals surface area contributed by atoms with Crippen molar-refractivity contribution >= 4 is 38.2 Å². The second-order valence-corrected chi connectivity index (χ2v) is 10.7. The Morgan fingerprint density at radius 3 is 2.45 bits per heavy atom. The van der Waals surface area contributed by atoms with Crippen molar-refractivity contribution in [1.29, 1.82) is 0 Å². The van der Waals surface area contributed by atoms with Gasteiger partial charge in [-0.15, -0.1) is 10.2 Å². The number of nitrogens with one attached hydrogen (secondary N) is 2. The quantitative estimate of drug-likeness (QED) is 0.244. The zero-order chi connectivity index (χ0) is 28.3. The minimum absolute atomic E-state index is 0.0682. The molecule has 40 heavy (non-hydrogen) atoms. The van der Waals surface area contributed by atoms with E-state index in [9.17, 15) is 13.2 Å². The first kappa shape index (κ1) is 26.7. The number of methoxy groups -OCH3 is 1. The molecule has 10 nitrogen and oxygen atoms in total. The number of fused-ring (bicyclic) bond motifs is 1. The molecule has 3 aromatic carbocycles. The lowest BCUT2D eigenvalue weighted by Gasteiger charge is -2.14. The fourth-order valence-corrected chi connectivity index (χ4v) is 5.58. The Labute approximate surface area is 231 Å². The van der Waals surface area contributed by atoms with Gasteiger partial charge in [-0.05, 0) is 48.9 Å². The van der Waals surface area contributed by atoms with Gasteiger partial charge in [0.05, 0.1) is 29.8 Å². The van der Waals surface area contributed by atoms with Crippen molar-refractivity contribution in [2.75, 3.05) is 12.4 Å². The highest BCUT2D eigenvalue weighted by Gasteiger charge is 2.20. The molecule has 0 radical (unpaired) electrons. The summed E-state index contributed by atoms with van der Waals surface area (Å²) in [5, 5.41) is 13.6. The highest BCUT2D eigenvalue weighted by molar-refractivity contribution is 7.89. The number of sulfonamides is 1. The van der Waals surface area contributed by atoms with Crippen LogP contribution in [0.2, 0.25) is 0 Å². The zero-order valence-electron chi connectivity index (χ0n) is 21.8. The summed E-state index contributed by atoms with van der Waals surface area (Å²) in [5.41, 5.74) is 8.63. The molecule has 0 unspecified atom stereocenters. The number of hydrogen-bond acceptors (Lipinski definition) is 8. The molecule has 2 aromatic heterocycles. The first-order valence-corrected chi connectivity index (χ1v) is 13.8. The van der Waals surface area contributed by atoms with Gasteiger partial charge in [-0.3, -0.25) is 9.78 Å². The SMILES string of the molecule is COc1ccc(Nc2nnc(-c3ccc(C)c(S(=O)(=O)NCc4ccccn4)c3)c3ccccc23)cc1C(N)=O. The smallest absolute Gasteiger partial charge is 0.252 e. The fraction of sp³-hybridized carbons (Fsp3) is 0.103. The summed E-state index contributed by atoms with van der Waals surface area (Å²) in [6.45, 7) is 1.81. The number of amides is 1. The van der Waals surface area contributed by atoms with Crippen molar-refractivity contribution in [3.05, 3.63) is 102 Å². The summed E-state index contributed by atoms with van der Waals surface area (Å²) in [6, 6.07) is 23.0. The van der Waals surface area contributed by atoms with Crippen LogP contribution in [0.15, 0.2) is 90.0 Å². The third-order valence-corrected chi connectivity index (χ3v) is 7.88. The molecule has 202 valence electrons. The molecule has 0 aliphatic heterocycles. The Kier molecular flexibility index (Phi) is 7.41. The number of nitrogens with zero attached hydrogens (tertiary/aromatic N) is 3. The molecule has 5 rings (SSSR count). The molecule has 0 aliphatic carbocycles. The Balaban J connectivity index is 1.51. The normalized spacial score (nSPS) is 11.3. The van der Waals surface area contributed by atoms with E-state index in [-0.39, 0.29) is 17.0 Å². The first-order valence-electron chi connectivity index (χ1n) is 12.3. The van der Waals surface area contributed by atoms with E-state index in [0.29, 0.717) is 39.8 Å². The third-order valence-electron chi connectivity index (χ3n) is 6.34. The topological polar surface area (TPSA) is 149 Å². The Morgan fingerprint density at radius 2 is 1.73 bits per heavy atom. The van der Waals surface area contributed by atoms with E-state index >= 15 is 0 Å². The van der Waals surface area contributed by atoms with E-state index in [2.05, 4.69) is 25.2 Å². The number of ether oxygens (including phenoxy) is 1. The van der Waals surface area contributed by atoms with Gasteiger partial charge in [0.15, 0.2) is 5.82 Å². The number of pyridine rings is 1. The van der Waals surface area contributed by atoms with Gasteiger partial charge in [0.1, 0.15) is 11.4 Å². The highest BCUT2D eigenvalue weighted by Crippen LogP contribution is 2.33. The molecule has 0 bridgehead atoms. The van der Waals surface area contributed by atoms with Crippen LogP contribution in [0.25, 0.3) is 22.0 Å². The molecular formula is C29H26N6O4S. The van der Waals surface area contributed by atoms with Gasteiger partial charge in [0.25, 0.3) is 5.91 Å². The molecule has 5 aromatic rings. The maximum Gasteiger partial charge on any atom is 0.252 e. The van der Waals surface area contributed by atoms with E-state index in [1.165, 1.54) is 7.11 Å². The van der Waals surface area contributed by atoms with Crippen molar-refractivity contribution in [3.8, 4) is 17.0 Å². The summed E-state index contributed by atoms with van der Waals surface area (Å²) in [4.78, 5) is 16.2. The van der Waals surface area contributed by atoms with Gasteiger partial charge >= 0.3 is 0 Å². The molecule has 0 saturated heterocycles. The maximum absolute atomic E-state index is 13.2. The van der Waals surface area contributed by atoms with Crippen LogP contribution in [-0.2, 0) is 16.6 Å². The second kappa shape index (κ2) is 11.1. The number of nitrogens with two attached hydrogens (primary N) is 1. The van der Waals surface area contributed by atoms with E-state index in [1.54, 1.807) is 61.7 Å². The summed E-state index contributed by atoms with van der Waals surface area (Å²) in [7, 11) is -2.37. The minimum atomic E-state index is -3.84. The number of aryl methyl sites for hydroxylation is 1. The molecule has 0 aliphatic rings. The van der Waals surface area contributed by atoms with Gasteiger partial charge in [0.2, 0.25) is 10.0 Å². The van der Waals surface area contributed by atoms with Gasteiger partial charge < -0.3 is 15.8 Å². The van der Waals surface area contributed by atoms with Crippen LogP contribution >= 0.6 is 0 Å². The van der Waals surface area contributed by atoms with Crippen molar-refractivity contribution in [2.24, 2.45) is 5.73 Å². The van der Waals surface area contributed by atoms with Crippen LogP contribution in [-0.4, -0.2) is 36.6 Å². The number of carbonyl (C=O) groups excluding carboxylic acids is 1. The van der Waals surface area contributed by atoms with Gasteiger partial charge in [-0.2, -0.15) is 0 Å². The Bertz CT molecular complexity index is 1830. The molecule has 1 amide bonds. The summed E-state index contributed by atoms with van der Waals surface area (Å²) in [5.74, 6) is 0.201. The summed E-state index contributed by atoms with van der Waals surface area (Å²) >= 11 is 0. The molecule has 11 heteroatoms. The lowest BCUT2D eigenvalue weighted by atomic mass is 10.0. The molecular weight excluding hydrogens is 528 g/mol. The average molecular weight is 555 g/mol. The predicted molar refractivity (Wildman–Crippen MR) is 153 cm³/mol. The molecule has 0 fully saturated rings. The van der Waals surface area contributed by atoms with Gasteiger partial charge in [0, 0.05) is 28.2 Å². The van der Waals surface area contributed by atoms with Crippen LogP contribution in [0.4, 0.5) is 11.5 Å². The van der Waals surface area contributed by atoms with Crippen molar-refractivity contribution in [3.63, 3.8) is 0 Å². The Hall–Kier alpha value is -4.87. The van der Waals surface area contributed by atoms with E-state index in [4.69, 9.17) is 10.5 Å². The van der Waals surface area contributed by atoms with Crippen LogP contribution in [0.5, 0.6) is 5.75 Å². The van der Waals surface area contributed by atoms with E-state index in [0.717, 1.165) is 10.8 Å². The van der Waals surface area contributed by atoms with Gasteiger partial charge in [-0.1, -0.05) is 42.5 Å². The number of benzene rings is 3. The second-order valence-electron chi connectivity index (χ2n) is 8.97. The highest BCUT2D eigenvalue weighted by atomic mass is 32.2.